The number of benzene rings is 1. The molecule has 0 bridgehead atoms. The minimum atomic E-state index is -0.00202. The number of nitrogens with two attached hydrogens (primary N) is 1. The van der Waals surface area contributed by atoms with E-state index in [4.69, 9.17) is 5.84 Å². The predicted molar refractivity (Wildman–Crippen MR) is 87.9 cm³/mol. The number of para-hydroxylation sites is 1. The highest BCUT2D eigenvalue weighted by molar-refractivity contribution is 5.80. The van der Waals surface area contributed by atoms with E-state index in [0.29, 0.717) is 6.42 Å². The van der Waals surface area contributed by atoms with E-state index in [1.54, 1.807) is 12.1 Å². The molecule has 21 heavy (non-hydrogen) atoms. The van der Waals surface area contributed by atoms with E-state index in [1.807, 2.05) is 38.2 Å². The molecule has 5 nitrogen and oxygen atoms in total. The Bertz CT molecular complexity index is 485. The van der Waals surface area contributed by atoms with Gasteiger partial charge < -0.3 is 10.6 Å². The summed E-state index contributed by atoms with van der Waals surface area (Å²) in [7, 11) is 3.49. The zero-order valence-corrected chi connectivity index (χ0v) is 13.1. The van der Waals surface area contributed by atoms with Gasteiger partial charge in [0.2, 0.25) is 5.91 Å². The molecular formula is C16H26N4O. The average molecular weight is 290 g/mol. The molecule has 1 aromatic carbocycles. The van der Waals surface area contributed by atoms with E-state index in [9.17, 15) is 4.79 Å². The molecule has 0 fully saturated rings. The van der Waals surface area contributed by atoms with Gasteiger partial charge in [-0.3, -0.25) is 15.6 Å². The van der Waals surface area contributed by atoms with Crippen molar-refractivity contribution in [3.8, 4) is 0 Å². The second-order valence-corrected chi connectivity index (χ2v) is 5.32. The Morgan fingerprint density at radius 3 is 2.67 bits per heavy atom. The summed E-state index contributed by atoms with van der Waals surface area (Å²) in [4.78, 5) is 11.6. The molecule has 116 valence electrons. The van der Waals surface area contributed by atoms with Gasteiger partial charge in [-0.2, -0.15) is 0 Å². The SMILES string of the molecule is C=C(C)C(CCN(C)N)Nc1ccccc1CC(=O)NC. The molecule has 1 unspecified atom stereocenters. The molecule has 0 aliphatic rings. The van der Waals surface area contributed by atoms with Crippen LogP contribution in [-0.4, -0.2) is 37.6 Å². The molecular weight excluding hydrogens is 264 g/mol. The van der Waals surface area contributed by atoms with Crippen molar-refractivity contribution in [3.63, 3.8) is 0 Å². The highest BCUT2D eigenvalue weighted by Crippen LogP contribution is 2.19. The van der Waals surface area contributed by atoms with Crippen molar-refractivity contribution in [1.29, 1.82) is 0 Å². The number of hydrazine groups is 1. The van der Waals surface area contributed by atoms with Crippen molar-refractivity contribution in [2.75, 3.05) is 26.0 Å². The number of hydrogen-bond donors (Lipinski definition) is 3. The van der Waals surface area contributed by atoms with Crippen molar-refractivity contribution in [2.45, 2.75) is 25.8 Å². The zero-order chi connectivity index (χ0) is 15.8. The summed E-state index contributed by atoms with van der Waals surface area (Å²) in [6.45, 7) is 6.80. The fraction of sp³-hybridized carbons (Fsp3) is 0.438. The molecule has 0 saturated carbocycles. The summed E-state index contributed by atoms with van der Waals surface area (Å²) in [6.07, 6.45) is 1.22. The summed E-state index contributed by atoms with van der Waals surface area (Å²) >= 11 is 0. The van der Waals surface area contributed by atoms with Crippen molar-refractivity contribution >= 4 is 11.6 Å². The molecule has 0 saturated heterocycles. The monoisotopic (exact) mass is 290 g/mol. The summed E-state index contributed by atoms with van der Waals surface area (Å²) in [6, 6.07) is 7.97. The molecule has 5 heteroatoms. The molecule has 4 N–H and O–H groups in total. The third kappa shape index (κ3) is 5.97. The maximum atomic E-state index is 11.6. The Balaban J connectivity index is 2.83. The molecule has 1 rings (SSSR count). The average Bonchev–Trinajstić information content (AvgIpc) is 2.44. The number of nitrogens with one attached hydrogen (secondary N) is 2. The van der Waals surface area contributed by atoms with Gasteiger partial charge in [-0.25, -0.2) is 0 Å². The second-order valence-electron chi connectivity index (χ2n) is 5.32. The highest BCUT2D eigenvalue weighted by atomic mass is 16.1. The lowest BCUT2D eigenvalue weighted by atomic mass is 10.0. The first-order valence-corrected chi connectivity index (χ1v) is 7.10. The second kappa shape index (κ2) is 8.44. The number of nitrogens with zero attached hydrogens (tertiary/aromatic N) is 1. The zero-order valence-electron chi connectivity index (χ0n) is 13.1. The van der Waals surface area contributed by atoms with Gasteiger partial charge in [0.15, 0.2) is 0 Å². The minimum Gasteiger partial charge on any atom is -0.378 e. The lowest BCUT2D eigenvalue weighted by molar-refractivity contribution is -0.119. The van der Waals surface area contributed by atoms with Crippen LogP contribution in [0.5, 0.6) is 0 Å². The lowest BCUT2D eigenvalue weighted by Gasteiger charge is -2.23. The van der Waals surface area contributed by atoms with E-state index < -0.39 is 0 Å². The summed E-state index contributed by atoms with van der Waals surface area (Å²) < 4.78 is 0. The molecule has 0 spiro atoms. The molecule has 0 heterocycles. The first kappa shape index (κ1) is 17.2. The van der Waals surface area contributed by atoms with Crippen LogP contribution in [0, 0.1) is 0 Å². The molecule has 1 amide bonds. The van der Waals surface area contributed by atoms with Gasteiger partial charge in [0, 0.05) is 32.4 Å². The van der Waals surface area contributed by atoms with Crippen LogP contribution >= 0.6 is 0 Å². The number of carbonyl (C=O) groups is 1. The number of amides is 1. The topological polar surface area (TPSA) is 70.4 Å². The molecule has 1 atom stereocenters. The van der Waals surface area contributed by atoms with Crippen LogP contribution in [0.25, 0.3) is 0 Å². The Morgan fingerprint density at radius 2 is 2.10 bits per heavy atom. The minimum absolute atomic E-state index is 0.00202. The van der Waals surface area contributed by atoms with Crippen LogP contribution in [0.15, 0.2) is 36.4 Å². The summed E-state index contributed by atoms with van der Waals surface area (Å²) in [5.74, 6) is 5.67. The number of hydrogen-bond acceptors (Lipinski definition) is 4. The van der Waals surface area contributed by atoms with Gasteiger partial charge in [0.05, 0.1) is 6.42 Å². The Labute approximate surface area is 127 Å². The van der Waals surface area contributed by atoms with E-state index in [2.05, 4.69) is 17.2 Å². The van der Waals surface area contributed by atoms with E-state index in [-0.39, 0.29) is 11.9 Å². The molecule has 0 aliphatic heterocycles. The van der Waals surface area contributed by atoms with Gasteiger partial charge in [-0.1, -0.05) is 30.4 Å². The molecule has 0 radical (unpaired) electrons. The van der Waals surface area contributed by atoms with E-state index >= 15 is 0 Å². The van der Waals surface area contributed by atoms with Crippen molar-refractivity contribution in [1.82, 2.24) is 10.3 Å². The van der Waals surface area contributed by atoms with Gasteiger partial charge in [-0.15, -0.1) is 0 Å². The number of anilines is 1. The fourth-order valence-electron chi connectivity index (χ4n) is 2.04. The van der Waals surface area contributed by atoms with Crippen LogP contribution in [0.4, 0.5) is 5.69 Å². The van der Waals surface area contributed by atoms with E-state index in [1.165, 1.54) is 0 Å². The predicted octanol–water partition coefficient (Wildman–Crippen LogP) is 1.53. The number of likely N-dealkylation sites (N-methyl/N-ethyl adjacent to an activating group) is 1. The smallest absolute Gasteiger partial charge is 0.224 e. The maximum Gasteiger partial charge on any atom is 0.224 e. The normalized spacial score (nSPS) is 12.0. The van der Waals surface area contributed by atoms with Crippen molar-refractivity contribution < 1.29 is 4.79 Å². The largest absolute Gasteiger partial charge is 0.378 e. The van der Waals surface area contributed by atoms with Crippen LogP contribution in [-0.2, 0) is 11.2 Å². The van der Waals surface area contributed by atoms with Crippen molar-refractivity contribution in [2.24, 2.45) is 5.84 Å². The van der Waals surface area contributed by atoms with Gasteiger partial charge >= 0.3 is 0 Å². The molecule has 0 aliphatic carbocycles. The van der Waals surface area contributed by atoms with Crippen LogP contribution in [0.1, 0.15) is 18.9 Å². The van der Waals surface area contributed by atoms with Crippen LogP contribution < -0.4 is 16.5 Å². The third-order valence-electron chi connectivity index (χ3n) is 3.34. The first-order chi connectivity index (χ1) is 9.93. The maximum absolute atomic E-state index is 11.6. The van der Waals surface area contributed by atoms with E-state index in [0.717, 1.165) is 29.8 Å². The quantitative estimate of drug-likeness (QED) is 0.386. The first-order valence-electron chi connectivity index (χ1n) is 7.10. The Kier molecular flexibility index (Phi) is 6.91. The van der Waals surface area contributed by atoms with Gasteiger partial charge in [0.1, 0.15) is 0 Å². The highest BCUT2D eigenvalue weighted by Gasteiger charge is 2.13. The standard InChI is InChI=1S/C16H26N4O/c1-12(2)14(9-10-20(4)17)19-15-8-6-5-7-13(15)11-16(21)18-3/h5-8,14,19H,1,9-11,17H2,2-4H3,(H,18,21). The number of carbonyl (C=O) groups excluding carboxylic acids is 1. The number of rotatable bonds is 8. The molecule has 1 aromatic rings. The van der Waals surface area contributed by atoms with Crippen LogP contribution in [0.2, 0.25) is 0 Å². The summed E-state index contributed by atoms with van der Waals surface area (Å²) in [5.41, 5.74) is 2.99. The van der Waals surface area contributed by atoms with Crippen molar-refractivity contribution in [3.05, 3.63) is 42.0 Å². The van der Waals surface area contributed by atoms with Gasteiger partial charge in [0.25, 0.3) is 0 Å². The fourth-order valence-corrected chi connectivity index (χ4v) is 2.04. The lowest BCUT2D eigenvalue weighted by Crippen LogP contribution is -2.32. The van der Waals surface area contributed by atoms with Gasteiger partial charge in [-0.05, 0) is 25.0 Å². The Hall–Kier alpha value is -1.85. The third-order valence-corrected chi connectivity index (χ3v) is 3.34. The Morgan fingerprint density at radius 1 is 1.43 bits per heavy atom. The molecule has 0 aromatic heterocycles. The summed E-state index contributed by atoms with van der Waals surface area (Å²) in [5, 5.41) is 7.78. The van der Waals surface area contributed by atoms with Crippen LogP contribution in [0.3, 0.4) is 0 Å².